The van der Waals surface area contributed by atoms with E-state index in [4.69, 9.17) is 10.3 Å². The predicted octanol–water partition coefficient (Wildman–Crippen LogP) is 0.0790. The Labute approximate surface area is 100 Å². The van der Waals surface area contributed by atoms with Crippen LogP contribution in [0.2, 0.25) is 0 Å². The van der Waals surface area contributed by atoms with E-state index in [-0.39, 0.29) is 17.0 Å². The number of hydrogen-bond acceptors (Lipinski definition) is 6. The van der Waals surface area contributed by atoms with Gasteiger partial charge in [0.2, 0.25) is 5.89 Å². The maximum atomic E-state index is 11.6. The van der Waals surface area contributed by atoms with Gasteiger partial charge in [-0.25, -0.2) is 8.42 Å². The highest BCUT2D eigenvalue weighted by Crippen LogP contribution is 2.22. The van der Waals surface area contributed by atoms with Crippen molar-refractivity contribution < 1.29 is 12.9 Å². The molecule has 1 aliphatic heterocycles. The van der Waals surface area contributed by atoms with Crippen LogP contribution < -0.4 is 5.73 Å². The SMILES string of the molecule is CC(N)Cc1nc(CC2CCCS2(=O)=O)no1. The van der Waals surface area contributed by atoms with Crippen LogP contribution in [0.3, 0.4) is 0 Å². The van der Waals surface area contributed by atoms with Crippen LogP contribution in [0.1, 0.15) is 31.5 Å². The molecule has 2 N–H and O–H groups in total. The van der Waals surface area contributed by atoms with Crippen molar-refractivity contribution in [2.24, 2.45) is 5.73 Å². The molecular weight excluding hydrogens is 242 g/mol. The second-order valence-electron chi connectivity index (χ2n) is 4.62. The molecule has 0 aromatic carbocycles. The maximum absolute atomic E-state index is 11.6. The van der Waals surface area contributed by atoms with Gasteiger partial charge in [-0.1, -0.05) is 5.16 Å². The van der Waals surface area contributed by atoms with Gasteiger partial charge in [0.25, 0.3) is 0 Å². The first-order valence-electron chi connectivity index (χ1n) is 5.76. The molecule has 2 rings (SSSR count). The van der Waals surface area contributed by atoms with E-state index in [1.807, 2.05) is 6.92 Å². The Morgan fingerprint density at radius 3 is 2.94 bits per heavy atom. The van der Waals surface area contributed by atoms with Crippen LogP contribution in [-0.2, 0) is 22.7 Å². The van der Waals surface area contributed by atoms with Gasteiger partial charge in [0.05, 0.1) is 11.0 Å². The Balaban J connectivity index is 2.02. The zero-order valence-electron chi connectivity index (χ0n) is 9.80. The van der Waals surface area contributed by atoms with Crippen molar-refractivity contribution in [1.29, 1.82) is 0 Å². The van der Waals surface area contributed by atoms with Crippen molar-refractivity contribution in [3.05, 3.63) is 11.7 Å². The molecule has 0 saturated carbocycles. The van der Waals surface area contributed by atoms with Crippen LogP contribution in [0.5, 0.6) is 0 Å². The van der Waals surface area contributed by atoms with Crippen molar-refractivity contribution in [2.75, 3.05) is 5.75 Å². The van der Waals surface area contributed by atoms with Gasteiger partial charge < -0.3 is 10.3 Å². The molecule has 17 heavy (non-hydrogen) atoms. The Morgan fingerprint density at radius 1 is 1.59 bits per heavy atom. The molecule has 2 unspecified atom stereocenters. The third kappa shape index (κ3) is 3.04. The number of nitrogens with zero attached hydrogens (tertiary/aromatic N) is 2. The quantitative estimate of drug-likeness (QED) is 0.822. The van der Waals surface area contributed by atoms with Crippen LogP contribution in [0.15, 0.2) is 4.52 Å². The summed E-state index contributed by atoms with van der Waals surface area (Å²) >= 11 is 0. The van der Waals surface area contributed by atoms with Crippen LogP contribution in [0.4, 0.5) is 0 Å². The molecule has 6 nitrogen and oxygen atoms in total. The molecule has 0 aliphatic carbocycles. The summed E-state index contributed by atoms with van der Waals surface area (Å²) < 4.78 is 28.3. The molecule has 96 valence electrons. The normalized spacial score (nSPS) is 24.9. The fourth-order valence-electron chi connectivity index (χ4n) is 2.02. The smallest absolute Gasteiger partial charge is 0.228 e. The number of hydrogen-bond donors (Lipinski definition) is 1. The molecule has 0 radical (unpaired) electrons. The molecule has 1 aromatic heterocycles. The summed E-state index contributed by atoms with van der Waals surface area (Å²) in [6, 6.07) is -0.0430. The minimum atomic E-state index is -2.95. The first kappa shape index (κ1) is 12.5. The molecule has 2 atom stereocenters. The van der Waals surface area contributed by atoms with Gasteiger partial charge in [-0.3, -0.25) is 0 Å². The minimum Gasteiger partial charge on any atom is -0.339 e. The second kappa shape index (κ2) is 4.73. The number of nitrogens with two attached hydrogens (primary N) is 1. The summed E-state index contributed by atoms with van der Waals surface area (Å²) in [5, 5.41) is 3.45. The zero-order valence-corrected chi connectivity index (χ0v) is 10.6. The van der Waals surface area contributed by atoms with E-state index in [1.165, 1.54) is 0 Å². The summed E-state index contributed by atoms with van der Waals surface area (Å²) in [6.07, 6.45) is 2.30. The fraction of sp³-hybridized carbons (Fsp3) is 0.800. The summed E-state index contributed by atoms with van der Waals surface area (Å²) in [4.78, 5) is 4.16. The monoisotopic (exact) mass is 259 g/mol. The molecule has 0 spiro atoms. The van der Waals surface area contributed by atoms with E-state index in [0.717, 1.165) is 6.42 Å². The highest BCUT2D eigenvalue weighted by atomic mass is 32.2. The second-order valence-corrected chi connectivity index (χ2v) is 7.02. The van der Waals surface area contributed by atoms with Crippen molar-refractivity contribution in [1.82, 2.24) is 10.1 Å². The predicted molar refractivity (Wildman–Crippen MR) is 62.2 cm³/mol. The van der Waals surface area contributed by atoms with Crippen molar-refractivity contribution >= 4 is 9.84 Å². The van der Waals surface area contributed by atoms with Gasteiger partial charge in [0, 0.05) is 18.9 Å². The van der Waals surface area contributed by atoms with Crippen molar-refractivity contribution in [3.8, 4) is 0 Å². The van der Waals surface area contributed by atoms with Gasteiger partial charge in [-0.15, -0.1) is 0 Å². The molecule has 7 heteroatoms. The highest BCUT2D eigenvalue weighted by Gasteiger charge is 2.32. The molecule has 0 bridgehead atoms. The van der Waals surface area contributed by atoms with Crippen LogP contribution in [0, 0.1) is 0 Å². The first-order valence-corrected chi connectivity index (χ1v) is 7.47. The van der Waals surface area contributed by atoms with Gasteiger partial charge >= 0.3 is 0 Å². The maximum Gasteiger partial charge on any atom is 0.228 e. The molecule has 1 fully saturated rings. The number of sulfone groups is 1. The van der Waals surface area contributed by atoms with Gasteiger partial charge in [0.1, 0.15) is 0 Å². The minimum absolute atomic E-state index is 0.0430. The summed E-state index contributed by atoms with van der Waals surface area (Å²) in [5.74, 6) is 1.23. The summed E-state index contributed by atoms with van der Waals surface area (Å²) in [7, 11) is -2.95. The lowest BCUT2D eigenvalue weighted by Crippen LogP contribution is -2.19. The van der Waals surface area contributed by atoms with Crippen LogP contribution in [-0.4, -0.2) is 35.6 Å². The van der Waals surface area contributed by atoms with Crippen molar-refractivity contribution in [2.45, 2.75) is 43.9 Å². The van der Waals surface area contributed by atoms with E-state index in [9.17, 15) is 8.42 Å². The fourth-order valence-corrected chi connectivity index (χ4v) is 3.85. The number of rotatable bonds is 4. The first-order chi connectivity index (χ1) is 7.97. The van der Waals surface area contributed by atoms with E-state index in [2.05, 4.69) is 10.1 Å². The van der Waals surface area contributed by atoms with Gasteiger partial charge in [-0.05, 0) is 19.8 Å². The Hall–Kier alpha value is -0.950. The third-order valence-corrected chi connectivity index (χ3v) is 5.16. The van der Waals surface area contributed by atoms with Crippen molar-refractivity contribution in [3.63, 3.8) is 0 Å². The molecule has 1 saturated heterocycles. The van der Waals surface area contributed by atoms with E-state index < -0.39 is 9.84 Å². The summed E-state index contributed by atoms with van der Waals surface area (Å²) in [5.41, 5.74) is 5.62. The van der Waals surface area contributed by atoms with Gasteiger partial charge in [0.15, 0.2) is 15.7 Å². The largest absolute Gasteiger partial charge is 0.339 e. The van der Waals surface area contributed by atoms with Gasteiger partial charge in [-0.2, -0.15) is 4.98 Å². The molecule has 0 amide bonds. The summed E-state index contributed by atoms with van der Waals surface area (Å²) in [6.45, 7) is 1.85. The Kier molecular flexibility index (Phi) is 3.48. The number of aromatic nitrogens is 2. The van der Waals surface area contributed by atoms with E-state index in [0.29, 0.717) is 31.0 Å². The Bertz CT molecular complexity index is 481. The van der Waals surface area contributed by atoms with Crippen LogP contribution >= 0.6 is 0 Å². The molecular formula is C10H17N3O3S. The topological polar surface area (TPSA) is 99.1 Å². The molecule has 1 aromatic rings. The van der Waals surface area contributed by atoms with E-state index >= 15 is 0 Å². The van der Waals surface area contributed by atoms with E-state index in [1.54, 1.807) is 0 Å². The molecule has 1 aliphatic rings. The highest BCUT2D eigenvalue weighted by molar-refractivity contribution is 7.92. The van der Waals surface area contributed by atoms with Crippen LogP contribution in [0.25, 0.3) is 0 Å². The third-order valence-electron chi connectivity index (χ3n) is 2.88. The standard InChI is InChI=1S/C10H17N3O3S/c1-7(11)5-10-12-9(13-16-10)6-8-3-2-4-17(8,14)15/h7-8H,2-6,11H2,1H3. The lowest BCUT2D eigenvalue weighted by atomic mass is 10.2. The average Bonchev–Trinajstić information content (AvgIpc) is 2.75. The molecule has 2 heterocycles. The lowest BCUT2D eigenvalue weighted by Gasteiger charge is -2.04. The zero-order chi connectivity index (χ0) is 12.5. The Morgan fingerprint density at radius 2 is 2.35 bits per heavy atom. The average molecular weight is 259 g/mol. The lowest BCUT2D eigenvalue weighted by molar-refractivity contribution is 0.366.